The third-order valence-electron chi connectivity index (χ3n) is 1.46. The molecule has 0 atom stereocenters. The number of aliphatic imine (C=N–C) groups is 1. The van der Waals surface area contributed by atoms with Crippen molar-refractivity contribution in [1.29, 1.82) is 0 Å². The van der Waals surface area contributed by atoms with Crippen LogP contribution in [0.25, 0.3) is 0 Å². The molecule has 2 heteroatoms. The van der Waals surface area contributed by atoms with Gasteiger partial charge in [0.25, 0.3) is 0 Å². The lowest BCUT2D eigenvalue weighted by atomic mass is 10.2. The summed E-state index contributed by atoms with van der Waals surface area (Å²) in [5, 5.41) is 0. The van der Waals surface area contributed by atoms with Gasteiger partial charge in [0.1, 0.15) is 0 Å². The lowest BCUT2D eigenvalue weighted by Gasteiger charge is -1.97. The van der Waals surface area contributed by atoms with Crippen molar-refractivity contribution in [3.05, 3.63) is 33.8 Å². The standard InChI is InChI=1S/C9H10BrN/c1-7-5-8(6-11-2)3-4-9(7)10/h3-6H,1-2H3. The Balaban J connectivity index is 3.05. The molecule has 0 saturated carbocycles. The highest BCUT2D eigenvalue weighted by Crippen LogP contribution is 2.15. The molecule has 0 bridgehead atoms. The van der Waals surface area contributed by atoms with E-state index in [1.165, 1.54) is 5.56 Å². The fourth-order valence-electron chi connectivity index (χ4n) is 0.897. The van der Waals surface area contributed by atoms with Gasteiger partial charge in [-0.1, -0.05) is 22.0 Å². The van der Waals surface area contributed by atoms with Crippen molar-refractivity contribution in [2.75, 3.05) is 7.05 Å². The fourth-order valence-corrected chi connectivity index (χ4v) is 1.14. The van der Waals surface area contributed by atoms with Crippen molar-refractivity contribution >= 4 is 22.1 Å². The molecule has 11 heavy (non-hydrogen) atoms. The Morgan fingerprint density at radius 2 is 2.18 bits per heavy atom. The molecule has 1 nitrogen and oxygen atoms in total. The van der Waals surface area contributed by atoms with Crippen molar-refractivity contribution < 1.29 is 0 Å². The Kier molecular flexibility index (Phi) is 2.83. The first-order chi connectivity index (χ1) is 5.24. The van der Waals surface area contributed by atoms with E-state index in [-0.39, 0.29) is 0 Å². The quantitative estimate of drug-likeness (QED) is 0.634. The van der Waals surface area contributed by atoms with Gasteiger partial charge in [-0.25, -0.2) is 0 Å². The van der Waals surface area contributed by atoms with Crippen LogP contribution in [0.2, 0.25) is 0 Å². The summed E-state index contributed by atoms with van der Waals surface area (Å²) in [6.07, 6.45) is 1.85. The Hall–Kier alpha value is -0.630. The molecule has 0 fully saturated rings. The van der Waals surface area contributed by atoms with Gasteiger partial charge < -0.3 is 0 Å². The molecule has 0 aliphatic rings. The zero-order valence-electron chi connectivity index (χ0n) is 6.63. The molecular weight excluding hydrogens is 202 g/mol. The van der Waals surface area contributed by atoms with Gasteiger partial charge in [-0.2, -0.15) is 0 Å². The Labute approximate surface area is 75.3 Å². The molecule has 1 aromatic carbocycles. The molecule has 0 saturated heterocycles. The molecule has 1 rings (SSSR count). The normalized spacial score (nSPS) is 10.8. The van der Waals surface area contributed by atoms with Crippen LogP contribution in [-0.4, -0.2) is 13.3 Å². The Morgan fingerprint density at radius 1 is 1.45 bits per heavy atom. The number of halogens is 1. The fraction of sp³-hybridized carbons (Fsp3) is 0.222. The van der Waals surface area contributed by atoms with E-state index in [4.69, 9.17) is 0 Å². The van der Waals surface area contributed by atoms with E-state index in [0.717, 1.165) is 10.0 Å². The van der Waals surface area contributed by atoms with Gasteiger partial charge in [0.15, 0.2) is 0 Å². The summed E-state index contributed by atoms with van der Waals surface area (Å²) in [7, 11) is 1.78. The molecule has 0 unspecified atom stereocenters. The molecule has 0 heterocycles. The second-order valence-corrected chi connectivity index (χ2v) is 3.25. The van der Waals surface area contributed by atoms with Crippen molar-refractivity contribution in [1.82, 2.24) is 0 Å². The summed E-state index contributed by atoms with van der Waals surface area (Å²) < 4.78 is 1.14. The van der Waals surface area contributed by atoms with Gasteiger partial charge in [-0.3, -0.25) is 4.99 Å². The molecule has 0 amide bonds. The molecule has 1 aromatic rings. The minimum Gasteiger partial charge on any atom is -0.296 e. The van der Waals surface area contributed by atoms with Gasteiger partial charge in [0, 0.05) is 17.7 Å². The second-order valence-electron chi connectivity index (χ2n) is 2.40. The zero-order valence-corrected chi connectivity index (χ0v) is 8.22. The van der Waals surface area contributed by atoms with E-state index in [0.29, 0.717) is 0 Å². The lowest BCUT2D eigenvalue weighted by Crippen LogP contribution is -1.82. The molecule has 0 N–H and O–H groups in total. The van der Waals surface area contributed by atoms with Crippen LogP contribution in [0.4, 0.5) is 0 Å². The summed E-state index contributed by atoms with van der Waals surface area (Å²) in [4.78, 5) is 3.94. The van der Waals surface area contributed by atoms with Gasteiger partial charge in [0.2, 0.25) is 0 Å². The highest BCUT2D eigenvalue weighted by atomic mass is 79.9. The first-order valence-electron chi connectivity index (χ1n) is 3.42. The van der Waals surface area contributed by atoms with Crippen LogP contribution in [0.5, 0.6) is 0 Å². The summed E-state index contributed by atoms with van der Waals surface area (Å²) in [6, 6.07) is 6.16. The maximum absolute atomic E-state index is 3.94. The van der Waals surface area contributed by atoms with Crippen molar-refractivity contribution in [3.63, 3.8) is 0 Å². The van der Waals surface area contributed by atoms with Gasteiger partial charge in [-0.05, 0) is 30.2 Å². The maximum atomic E-state index is 3.94. The van der Waals surface area contributed by atoms with Crippen molar-refractivity contribution in [3.8, 4) is 0 Å². The number of aryl methyl sites for hydroxylation is 1. The van der Waals surface area contributed by atoms with Crippen LogP contribution >= 0.6 is 15.9 Å². The lowest BCUT2D eigenvalue weighted by molar-refractivity contribution is 1.41. The number of rotatable bonds is 1. The monoisotopic (exact) mass is 211 g/mol. The highest BCUT2D eigenvalue weighted by molar-refractivity contribution is 9.10. The van der Waals surface area contributed by atoms with E-state index in [9.17, 15) is 0 Å². The van der Waals surface area contributed by atoms with Crippen LogP contribution < -0.4 is 0 Å². The number of nitrogens with zero attached hydrogens (tertiary/aromatic N) is 1. The molecule has 0 spiro atoms. The Bertz CT molecular complexity index is 279. The van der Waals surface area contributed by atoms with Crippen LogP contribution in [0, 0.1) is 6.92 Å². The molecule has 0 radical (unpaired) electrons. The third kappa shape index (κ3) is 2.15. The van der Waals surface area contributed by atoms with Crippen molar-refractivity contribution in [2.45, 2.75) is 6.92 Å². The summed E-state index contributed by atoms with van der Waals surface area (Å²) in [5.41, 5.74) is 2.38. The summed E-state index contributed by atoms with van der Waals surface area (Å²) in [5.74, 6) is 0. The molecule has 58 valence electrons. The number of hydrogen-bond donors (Lipinski definition) is 0. The van der Waals surface area contributed by atoms with Crippen LogP contribution in [-0.2, 0) is 0 Å². The first-order valence-corrected chi connectivity index (χ1v) is 4.21. The Morgan fingerprint density at radius 3 is 2.73 bits per heavy atom. The van der Waals surface area contributed by atoms with Crippen LogP contribution in [0.3, 0.4) is 0 Å². The van der Waals surface area contributed by atoms with E-state index < -0.39 is 0 Å². The zero-order chi connectivity index (χ0) is 8.27. The van der Waals surface area contributed by atoms with Crippen molar-refractivity contribution in [2.24, 2.45) is 4.99 Å². The first kappa shape index (κ1) is 8.47. The van der Waals surface area contributed by atoms with Gasteiger partial charge in [0.05, 0.1) is 0 Å². The minimum atomic E-state index is 1.14. The summed E-state index contributed by atoms with van der Waals surface area (Å²) >= 11 is 3.44. The SMILES string of the molecule is CN=Cc1ccc(Br)c(C)c1. The average molecular weight is 212 g/mol. The van der Waals surface area contributed by atoms with Crippen LogP contribution in [0.15, 0.2) is 27.7 Å². The maximum Gasteiger partial charge on any atom is 0.0281 e. The number of benzene rings is 1. The van der Waals surface area contributed by atoms with E-state index in [2.05, 4.69) is 33.9 Å². The third-order valence-corrected chi connectivity index (χ3v) is 2.35. The van der Waals surface area contributed by atoms with E-state index in [1.807, 2.05) is 18.3 Å². The smallest absolute Gasteiger partial charge is 0.0281 e. The van der Waals surface area contributed by atoms with E-state index in [1.54, 1.807) is 7.05 Å². The topological polar surface area (TPSA) is 12.4 Å². The molecule has 0 aliphatic heterocycles. The molecular formula is C9H10BrN. The van der Waals surface area contributed by atoms with Gasteiger partial charge >= 0.3 is 0 Å². The predicted molar refractivity (Wildman–Crippen MR) is 52.4 cm³/mol. The molecule has 0 aromatic heterocycles. The van der Waals surface area contributed by atoms with Crippen LogP contribution in [0.1, 0.15) is 11.1 Å². The largest absolute Gasteiger partial charge is 0.296 e. The van der Waals surface area contributed by atoms with E-state index >= 15 is 0 Å². The highest BCUT2D eigenvalue weighted by Gasteiger charge is 1.93. The van der Waals surface area contributed by atoms with Gasteiger partial charge in [-0.15, -0.1) is 0 Å². The summed E-state index contributed by atoms with van der Waals surface area (Å²) in [6.45, 7) is 2.07. The minimum absolute atomic E-state index is 1.14. The number of hydrogen-bond acceptors (Lipinski definition) is 1. The molecule has 0 aliphatic carbocycles. The average Bonchev–Trinajstić information content (AvgIpc) is 1.98. The predicted octanol–water partition coefficient (Wildman–Crippen LogP) is 2.81. The second kappa shape index (κ2) is 3.67.